The lowest BCUT2D eigenvalue weighted by Gasteiger charge is -2.20. The Morgan fingerprint density at radius 3 is 2.29 bits per heavy atom. The van der Waals surface area contributed by atoms with E-state index in [0.29, 0.717) is 15.7 Å². The third-order valence-electron chi connectivity index (χ3n) is 4.56. The molecule has 0 aliphatic rings. The summed E-state index contributed by atoms with van der Waals surface area (Å²) in [5.74, 6) is 0.342. The fourth-order valence-electron chi connectivity index (χ4n) is 3.40. The smallest absolute Gasteiger partial charge is 0.251 e. The summed E-state index contributed by atoms with van der Waals surface area (Å²) in [6.07, 6.45) is 0.799. The molecule has 0 fully saturated rings. The Kier molecular flexibility index (Phi) is 6.55. The Morgan fingerprint density at radius 1 is 1.06 bits per heavy atom. The first-order valence-electron chi connectivity index (χ1n) is 10.2. The standard InChI is InChI=1S/C23H30N2O4S2/c1-15(2)11-18-13-19(22(30-18)31(28,29)24-23(3,4)5)17-8-6-7-16(12-17)14-25-20(26)9-10-21(25)27/h6-10,12-13,15,24,26-27H,11,14H2,1-5H3. The van der Waals surface area contributed by atoms with Crippen molar-refractivity contribution in [3.8, 4) is 22.9 Å². The Hall–Kier alpha value is -2.29. The van der Waals surface area contributed by atoms with Gasteiger partial charge in [0.05, 0.1) is 6.54 Å². The maximum absolute atomic E-state index is 13.2. The molecule has 0 aliphatic heterocycles. The number of sulfonamides is 1. The third kappa shape index (κ3) is 5.70. The van der Waals surface area contributed by atoms with Crippen LogP contribution >= 0.6 is 11.3 Å². The Morgan fingerprint density at radius 2 is 1.71 bits per heavy atom. The van der Waals surface area contributed by atoms with Crippen molar-refractivity contribution < 1.29 is 18.6 Å². The summed E-state index contributed by atoms with van der Waals surface area (Å²) in [5.41, 5.74) is 1.69. The lowest BCUT2D eigenvalue weighted by molar-refractivity contribution is 0.377. The maximum atomic E-state index is 13.2. The lowest BCUT2D eigenvalue weighted by atomic mass is 10.0. The first kappa shape index (κ1) is 23.4. The SMILES string of the molecule is CC(C)Cc1cc(-c2cccc(Cn3c(O)ccc3O)c2)c(S(=O)(=O)NC(C)(C)C)s1. The molecule has 0 aliphatic carbocycles. The average Bonchev–Trinajstić information content (AvgIpc) is 3.19. The summed E-state index contributed by atoms with van der Waals surface area (Å²) in [6, 6.07) is 12.3. The molecule has 0 amide bonds. The van der Waals surface area contributed by atoms with Crippen LogP contribution in [0, 0.1) is 5.92 Å². The highest BCUT2D eigenvalue weighted by Gasteiger charge is 2.28. The summed E-state index contributed by atoms with van der Waals surface area (Å²) in [4.78, 5) is 1.02. The quantitative estimate of drug-likeness (QED) is 0.463. The molecule has 168 valence electrons. The van der Waals surface area contributed by atoms with E-state index in [1.54, 1.807) is 0 Å². The van der Waals surface area contributed by atoms with Crippen molar-refractivity contribution in [1.82, 2.24) is 9.29 Å². The van der Waals surface area contributed by atoms with Crippen LogP contribution in [0.1, 0.15) is 45.1 Å². The van der Waals surface area contributed by atoms with Crippen LogP contribution < -0.4 is 4.72 Å². The van der Waals surface area contributed by atoms with Crippen molar-refractivity contribution in [3.63, 3.8) is 0 Å². The van der Waals surface area contributed by atoms with Gasteiger partial charge in [0, 0.05) is 28.1 Å². The van der Waals surface area contributed by atoms with E-state index in [9.17, 15) is 18.6 Å². The molecule has 3 rings (SSSR count). The third-order valence-corrected chi connectivity index (χ3v) is 8.01. The van der Waals surface area contributed by atoms with Crippen molar-refractivity contribution >= 4 is 21.4 Å². The van der Waals surface area contributed by atoms with E-state index < -0.39 is 15.6 Å². The molecule has 0 saturated carbocycles. The van der Waals surface area contributed by atoms with Gasteiger partial charge < -0.3 is 10.2 Å². The van der Waals surface area contributed by atoms with Crippen LogP contribution in [-0.4, -0.2) is 28.7 Å². The van der Waals surface area contributed by atoms with Crippen LogP contribution in [0.4, 0.5) is 0 Å². The highest BCUT2D eigenvalue weighted by atomic mass is 32.2. The molecule has 6 nitrogen and oxygen atoms in total. The summed E-state index contributed by atoms with van der Waals surface area (Å²) >= 11 is 1.31. The first-order valence-corrected chi connectivity index (χ1v) is 12.5. The highest BCUT2D eigenvalue weighted by Crippen LogP contribution is 2.37. The summed E-state index contributed by atoms with van der Waals surface area (Å²) in [6.45, 7) is 9.95. The summed E-state index contributed by atoms with van der Waals surface area (Å²) in [7, 11) is -3.70. The van der Waals surface area contributed by atoms with E-state index in [1.807, 2.05) is 51.1 Å². The van der Waals surface area contributed by atoms with Gasteiger partial charge in [0.2, 0.25) is 0 Å². The number of nitrogens with zero attached hydrogens (tertiary/aromatic N) is 1. The second-order valence-electron chi connectivity index (χ2n) is 9.20. The van der Waals surface area contributed by atoms with Gasteiger partial charge in [-0.15, -0.1) is 11.3 Å². The maximum Gasteiger partial charge on any atom is 0.251 e. The van der Waals surface area contributed by atoms with Crippen LogP contribution in [0.2, 0.25) is 0 Å². The van der Waals surface area contributed by atoms with Gasteiger partial charge in [-0.2, -0.15) is 0 Å². The molecule has 0 spiro atoms. The second kappa shape index (κ2) is 8.68. The van der Waals surface area contributed by atoms with Crippen molar-refractivity contribution in [2.24, 2.45) is 5.92 Å². The van der Waals surface area contributed by atoms with Gasteiger partial charge >= 0.3 is 0 Å². The molecule has 0 bridgehead atoms. The van der Waals surface area contributed by atoms with E-state index in [0.717, 1.165) is 22.4 Å². The molecule has 2 heterocycles. The molecule has 0 unspecified atom stereocenters. The van der Waals surface area contributed by atoms with E-state index in [2.05, 4.69) is 18.6 Å². The Balaban J connectivity index is 2.06. The minimum atomic E-state index is -3.70. The van der Waals surface area contributed by atoms with Crippen LogP contribution in [0.25, 0.3) is 11.1 Å². The molecular formula is C23H30N2O4S2. The van der Waals surface area contributed by atoms with Crippen LogP contribution in [0.3, 0.4) is 0 Å². The van der Waals surface area contributed by atoms with Crippen molar-refractivity contribution in [2.75, 3.05) is 0 Å². The fourth-order valence-corrected chi connectivity index (χ4v) is 6.77. The molecule has 1 aromatic carbocycles. The molecule has 0 radical (unpaired) electrons. The normalized spacial score (nSPS) is 12.6. The topological polar surface area (TPSA) is 91.6 Å². The largest absolute Gasteiger partial charge is 0.494 e. The minimum absolute atomic E-state index is 0.0321. The van der Waals surface area contributed by atoms with Crippen molar-refractivity contribution in [2.45, 2.75) is 57.3 Å². The number of aromatic hydroxyl groups is 2. The van der Waals surface area contributed by atoms with Gasteiger partial charge in [0.1, 0.15) is 4.21 Å². The zero-order valence-corrected chi connectivity index (χ0v) is 20.1. The van der Waals surface area contributed by atoms with Gasteiger partial charge in [-0.05, 0) is 56.4 Å². The van der Waals surface area contributed by atoms with Crippen LogP contribution in [0.5, 0.6) is 11.8 Å². The van der Waals surface area contributed by atoms with Crippen molar-refractivity contribution in [3.05, 3.63) is 52.9 Å². The highest BCUT2D eigenvalue weighted by molar-refractivity contribution is 7.91. The predicted molar refractivity (Wildman–Crippen MR) is 125 cm³/mol. The number of nitrogens with one attached hydrogen (secondary N) is 1. The van der Waals surface area contributed by atoms with E-state index >= 15 is 0 Å². The van der Waals surface area contributed by atoms with Gasteiger partial charge in [0.15, 0.2) is 11.8 Å². The number of thiophene rings is 1. The van der Waals surface area contributed by atoms with Gasteiger partial charge in [-0.1, -0.05) is 32.0 Å². The number of benzene rings is 1. The van der Waals surface area contributed by atoms with Gasteiger partial charge in [-0.25, -0.2) is 13.1 Å². The van der Waals surface area contributed by atoms with Gasteiger partial charge in [0.25, 0.3) is 10.0 Å². The molecule has 3 N–H and O–H groups in total. The van der Waals surface area contributed by atoms with Gasteiger partial charge in [-0.3, -0.25) is 4.57 Å². The molecule has 2 aromatic heterocycles. The zero-order chi connectivity index (χ0) is 23.0. The second-order valence-corrected chi connectivity index (χ2v) is 12.2. The number of rotatable bonds is 7. The van der Waals surface area contributed by atoms with Crippen LogP contribution in [-0.2, 0) is 23.0 Å². The molecule has 0 atom stereocenters. The Bertz CT molecular complexity index is 1150. The number of hydrogen-bond acceptors (Lipinski definition) is 5. The molecule has 3 aromatic rings. The summed E-state index contributed by atoms with van der Waals surface area (Å²) < 4.78 is 30.9. The molecular weight excluding hydrogens is 432 g/mol. The van der Waals surface area contributed by atoms with Crippen LogP contribution in [0.15, 0.2) is 46.7 Å². The summed E-state index contributed by atoms with van der Waals surface area (Å²) in [5, 5.41) is 19.9. The number of hydrogen-bond donors (Lipinski definition) is 3. The first-order chi connectivity index (χ1) is 14.4. The zero-order valence-electron chi connectivity index (χ0n) is 18.5. The Labute approximate surface area is 188 Å². The minimum Gasteiger partial charge on any atom is -0.494 e. The fraction of sp³-hybridized carbons (Fsp3) is 0.391. The lowest BCUT2D eigenvalue weighted by Crippen LogP contribution is -2.40. The predicted octanol–water partition coefficient (Wildman–Crippen LogP) is 4.95. The van der Waals surface area contributed by atoms with E-state index in [-0.39, 0.29) is 18.3 Å². The monoisotopic (exact) mass is 462 g/mol. The number of aromatic nitrogens is 1. The molecule has 31 heavy (non-hydrogen) atoms. The average molecular weight is 463 g/mol. The molecule has 8 heteroatoms. The van der Waals surface area contributed by atoms with E-state index in [1.165, 1.54) is 28.0 Å². The van der Waals surface area contributed by atoms with E-state index in [4.69, 9.17) is 0 Å². The van der Waals surface area contributed by atoms with Crippen molar-refractivity contribution in [1.29, 1.82) is 0 Å². The molecule has 0 saturated heterocycles.